The van der Waals surface area contributed by atoms with Crippen LogP contribution in [-0.4, -0.2) is 42.1 Å². The van der Waals surface area contributed by atoms with Crippen LogP contribution in [0.25, 0.3) is 0 Å². The van der Waals surface area contributed by atoms with E-state index in [4.69, 9.17) is 10.7 Å². The van der Waals surface area contributed by atoms with Gasteiger partial charge in [0.15, 0.2) is 10.8 Å². The monoisotopic (exact) mass is 287 g/mol. The number of hydrogen-bond acceptors (Lipinski definition) is 6. The third-order valence-corrected chi connectivity index (χ3v) is 4.26. The third kappa shape index (κ3) is 2.27. The molecule has 0 spiro atoms. The molecule has 0 radical (unpaired) electrons. The molecular formula is C14H17N5S. The van der Waals surface area contributed by atoms with Crippen molar-refractivity contribution in [2.24, 2.45) is 15.7 Å². The van der Waals surface area contributed by atoms with Crippen molar-refractivity contribution in [3.63, 3.8) is 0 Å². The molecule has 1 saturated heterocycles. The van der Waals surface area contributed by atoms with E-state index in [-0.39, 0.29) is 0 Å². The van der Waals surface area contributed by atoms with Gasteiger partial charge in [-0.1, -0.05) is 0 Å². The fourth-order valence-electron chi connectivity index (χ4n) is 2.58. The normalized spacial score (nSPS) is 19.8. The Bertz CT molecular complexity index is 610. The number of fused-ring (bicyclic) bond motifs is 1. The van der Waals surface area contributed by atoms with Gasteiger partial charge in [-0.25, -0.2) is 4.98 Å². The Morgan fingerprint density at radius 2 is 2.45 bits per heavy atom. The van der Waals surface area contributed by atoms with Crippen molar-refractivity contribution in [2.75, 3.05) is 20.1 Å². The number of hydrogen-bond donors (Lipinski definition) is 1. The van der Waals surface area contributed by atoms with Gasteiger partial charge in [-0.3, -0.25) is 9.98 Å². The Kier molecular flexibility index (Phi) is 3.64. The van der Waals surface area contributed by atoms with Gasteiger partial charge in [0.05, 0.1) is 6.54 Å². The highest BCUT2D eigenvalue weighted by molar-refractivity contribution is 7.11. The van der Waals surface area contributed by atoms with E-state index in [2.05, 4.69) is 14.9 Å². The SMILES string of the molecule is CN=CC=C(N)C1=C2CCCN2C(c2nccs2)=NC1. The molecule has 3 rings (SSSR count). The second-order valence-electron chi connectivity index (χ2n) is 4.69. The van der Waals surface area contributed by atoms with Crippen LogP contribution in [-0.2, 0) is 0 Å². The fraction of sp³-hybridized carbons (Fsp3) is 0.357. The molecule has 104 valence electrons. The predicted octanol–water partition coefficient (Wildman–Crippen LogP) is 1.80. The maximum absolute atomic E-state index is 6.16. The van der Waals surface area contributed by atoms with Gasteiger partial charge in [0.2, 0.25) is 0 Å². The van der Waals surface area contributed by atoms with Gasteiger partial charge in [-0.05, 0) is 18.9 Å². The zero-order valence-corrected chi connectivity index (χ0v) is 12.2. The van der Waals surface area contributed by atoms with E-state index in [9.17, 15) is 0 Å². The highest BCUT2D eigenvalue weighted by Crippen LogP contribution is 2.32. The lowest BCUT2D eigenvalue weighted by molar-refractivity contribution is 0.568. The topological polar surface area (TPSA) is 66.9 Å². The molecule has 20 heavy (non-hydrogen) atoms. The summed E-state index contributed by atoms with van der Waals surface area (Å²) in [5.41, 5.74) is 9.34. The summed E-state index contributed by atoms with van der Waals surface area (Å²) in [6.45, 7) is 1.62. The van der Waals surface area contributed by atoms with Gasteiger partial charge >= 0.3 is 0 Å². The molecule has 2 aliphatic heterocycles. The molecule has 2 N–H and O–H groups in total. The second-order valence-corrected chi connectivity index (χ2v) is 5.58. The minimum absolute atomic E-state index is 0.626. The first-order chi connectivity index (χ1) is 9.81. The molecule has 0 bridgehead atoms. The van der Waals surface area contributed by atoms with Gasteiger partial charge in [-0.2, -0.15) is 0 Å². The van der Waals surface area contributed by atoms with E-state index >= 15 is 0 Å². The number of amidine groups is 1. The minimum atomic E-state index is 0.626. The Labute approximate surface area is 122 Å². The largest absolute Gasteiger partial charge is 0.398 e. The molecule has 0 aliphatic carbocycles. The van der Waals surface area contributed by atoms with Crippen LogP contribution in [0.15, 0.2) is 44.6 Å². The van der Waals surface area contributed by atoms with Crippen molar-refractivity contribution in [2.45, 2.75) is 12.8 Å². The fourth-order valence-corrected chi connectivity index (χ4v) is 3.24. The zero-order chi connectivity index (χ0) is 13.9. The van der Waals surface area contributed by atoms with Crippen molar-refractivity contribution < 1.29 is 0 Å². The number of nitrogens with two attached hydrogens (primary N) is 1. The van der Waals surface area contributed by atoms with Crippen LogP contribution in [0.4, 0.5) is 0 Å². The van der Waals surface area contributed by atoms with Gasteiger partial charge in [-0.15, -0.1) is 11.3 Å². The molecule has 5 nitrogen and oxygen atoms in total. The molecule has 0 unspecified atom stereocenters. The molecule has 1 aromatic rings. The number of rotatable bonds is 3. The van der Waals surface area contributed by atoms with E-state index in [1.807, 2.05) is 17.7 Å². The number of thiazole rings is 1. The number of allylic oxidation sites excluding steroid dienone is 2. The van der Waals surface area contributed by atoms with Crippen molar-refractivity contribution in [1.82, 2.24) is 9.88 Å². The first-order valence-corrected chi connectivity index (χ1v) is 7.51. The maximum atomic E-state index is 6.16. The molecule has 2 aliphatic rings. The first kappa shape index (κ1) is 13.1. The standard InChI is InChI=1S/C14H17N5S/c1-16-5-4-11(15)10-9-18-13(14-17-6-8-20-14)19-7-2-3-12(10)19/h4-6,8H,2-3,7,9,15H2,1H3. The molecule has 1 aromatic heterocycles. The summed E-state index contributed by atoms with van der Waals surface area (Å²) >= 11 is 1.63. The van der Waals surface area contributed by atoms with Crippen LogP contribution < -0.4 is 5.73 Å². The van der Waals surface area contributed by atoms with Crippen LogP contribution >= 0.6 is 11.3 Å². The smallest absolute Gasteiger partial charge is 0.165 e. The number of aliphatic imine (C=N–C) groups is 2. The average Bonchev–Trinajstić information content (AvgIpc) is 3.14. The van der Waals surface area contributed by atoms with E-state index in [1.165, 1.54) is 5.70 Å². The van der Waals surface area contributed by atoms with Crippen LogP contribution in [0.5, 0.6) is 0 Å². The van der Waals surface area contributed by atoms with E-state index in [0.717, 1.165) is 41.5 Å². The van der Waals surface area contributed by atoms with Crippen molar-refractivity contribution in [3.05, 3.63) is 39.6 Å². The summed E-state index contributed by atoms with van der Waals surface area (Å²) in [6.07, 6.45) is 7.59. The molecule has 0 saturated carbocycles. The molecule has 0 atom stereocenters. The third-order valence-electron chi connectivity index (χ3n) is 3.49. The van der Waals surface area contributed by atoms with Gasteiger partial charge in [0.25, 0.3) is 0 Å². The van der Waals surface area contributed by atoms with Gasteiger partial charge in [0.1, 0.15) is 0 Å². The molecule has 6 heteroatoms. The summed E-state index contributed by atoms with van der Waals surface area (Å²) in [6, 6.07) is 0. The average molecular weight is 287 g/mol. The van der Waals surface area contributed by atoms with Crippen LogP contribution in [0, 0.1) is 0 Å². The summed E-state index contributed by atoms with van der Waals surface area (Å²) in [7, 11) is 1.74. The Balaban J connectivity index is 1.94. The van der Waals surface area contributed by atoms with Crippen LogP contribution in [0.1, 0.15) is 17.8 Å². The lowest BCUT2D eigenvalue weighted by atomic mass is 10.1. The van der Waals surface area contributed by atoms with Crippen molar-refractivity contribution >= 4 is 23.4 Å². The Hall–Kier alpha value is -1.95. The second kappa shape index (κ2) is 5.58. The van der Waals surface area contributed by atoms with Crippen molar-refractivity contribution in [3.8, 4) is 0 Å². The van der Waals surface area contributed by atoms with Crippen LogP contribution in [0.3, 0.4) is 0 Å². The summed E-state index contributed by atoms with van der Waals surface area (Å²) in [5, 5.41) is 2.97. The summed E-state index contributed by atoms with van der Waals surface area (Å²) in [4.78, 5) is 15.3. The Morgan fingerprint density at radius 1 is 1.55 bits per heavy atom. The number of nitrogens with zero attached hydrogens (tertiary/aromatic N) is 4. The van der Waals surface area contributed by atoms with Gasteiger partial charge in [0, 0.05) is 48.4 Å². The first-order valence-electron chi connectivity index (χ1n) is 6.63. The molecule has 0 aromatic carbocycles. The predicted molar refractivity (Wildman–Crippen MR) is 83.2 cm³/mol. The van der Waals surface area contributed by atoms with E-state index in [1.54, 1.807) is 24.6 Å². The summed E-state index contributed by atoms with van der Waals surface area (Å²) < 4.78 is 0. The summed E-state index contributed by atoms with van der Waals surface area (Å²) in [5.74, 6) is 0.994. The maximum Gasteiger partial charge on any atom is 0.165 e. The highest BCUT2D eigenvalue weighted by Gasteiger charge is 2.30. The van der Waals surface area contributed by atoms with E-state index < -0.39 is 0 Å². The lowest BCUT2D eigenvalue weighted by Crippen LogP contribution is -2.32. The van der Waals surface area contributed by atoms with Gasteiger partial charge < -0.3 is 10.6 Å². The Morgan fingerprint density at radius 3 is 3.20 bits per heavy atom. The lowest BCUT2D eigenvalue weighted by Gasteiger charge is -2.27. The molecule has 0 amide bonds. The van der Waals surface area contributed by atoms with Crippen molar-refractivity contribution in [1.29, 1.82) is 0 Å². The quantitative estimate of drug-likeness (QED) is 0.862. The number of aromatic nitrogens is 1. The molecular weight excluding hydrogens is 270 g/mol. The minimum Gasteiger partial charge on any atom is -0.398 e. The van der Waals surface area contributed by atoms with E-state index in [0.29, 0.717) is 6.54 Å². The van der Waals surface area contributed by atoms with Crippen LogP contribution in [0.2, 0.25) is 0 Å². The highest BCUT2D eigenvalue weighted by atomic mass is 32.1. The zero-order valence-electron chi connectivity index (χ0n) is 11.4. The molecule has 1 fully saturated rings. The molecule has 3 heterocycles.